The molecule has 3 rings (SSSR count). The summed E-state index contributed by atoms with van der Waals surface area (Å²) in [5.41, 5.74) is 0.907. The number of sulfone groups is 1. The van der Waals surface area contributed by atoms with Gasteiger partial charge in [-0.3, -0.25) is 4.79 Å². The second kappa shape index (κ2) is 7.29. The van der Waals surface area contributed by atoms with Gasteiger partial charge in [0, 0.05) is 18.2 Å². The maximum Gasteiger partial charge on any atom is 0.242 e. The summed E-state index contributed by atoms with van der Waals surface area (Å²) in [7, 11) is -3.50. The van der Waals surface area contributed by atoms with Crippen molar-refractivity contribution in [3.8, 4) is 5.75 Å². The van der Waals surface area contributed by atoms with Crippen molar-refractivity contribution in [1.82, 2.24) is 10.6 Å². The Hall–Kier alpha value is -1.31. The number of nitrogens with one attached hydrogen (secondary N) is 2. The highest BCUT2D eigenvalue weighted by atomic mass is 35.5. The molecule has 1 unspecified atom stereocenters. The first-order chi connectivity index (χ1) is 10.9. The molecule has 1 aromatic rings. The maximum absolute atomic E-state index is 12.9. The summed E-state index contributed by atoms with van der Waals surface area (Å²) >= 11 is 0. The minimum Gasteiger partial charge on any atom is -0.493 e. The molecule has 2 heterocycles. The Bertz CT molecular complexity index is 702. The van der Waals surface area contributed by atoms with Crippen LogP contribution in [0.15, 0.2) is 24.3 Å². The van der Waals surface area contributed by atoms with Crippen LogP contribution in [0.4, 0.5) is 0 Å². The van der Waals surface area contributed by atoms with E-state index in [1.54, 1.807) is 0 Å². The molecule has 0 spiro atoms. The van der Waals surface area contributed by atoms with Gasteiger partial charge in [-0.05, 0) is 32.0 Å². The smallest absolute Gasteiger partial charge is 0.242 e. The highest BCUT2D eigenvalue weighted by Gasteiger charge is 2.49. The van der Waals surface area contributed by atoms with Crippen LogP contribution in [0.3, 0.4) is 0 Å². The summed E-state index contributed by atoms with van der Waals surface area (Å²) in [6, 6.07) is 7.34. The number of fused-ring (bicyclic) bond motifs is 1. The first kappa shape index (κ1) is 19.0. The third-order valence-electron chi connectivity index (χ3n) is 4.80. The van der Waals surface area contributed by atoms with Crippen LogP contribution in [0.2, 0.25) is 0 Å². The third kappa shape index (κ3) is 3.38. The second-order valence-corrected chi connectivity index (χ2v) is 8.54. The Kier molecular flexibility index (Phi) is 5.78. The normalized spacial score (nSPS) is 22.5. The van der Waals surface area contributed by atoms with Gasteiger partial charge in [-0.25, -0.2) is 8.42 Å². The van der Waals surface area contributed by atoms with E-state index in [1.165, 1.54) is 0 Å². The average molecular weight is 375 g/mol. The molecule has 1 atom stereocenters. The van der Waals surface area contributed by atoms with Crippen molar-refractivity contribution < 1.29 is 17.9 Å². The van der Waals surface area contributed by atoms with Crippen molar-refractivity contribution >= 4 is 28.2 Å². The average Bonchev–Trinajstić information content (AvgIpc) is 2.55. The minimum absolute atomic E-state index is 0. The fourth-order valence-corrected chi connectivity index (χ4v) is 4.72. The van der Waals surface area contributed by atoms with E-state index in [4.69, 9.17) is 4.74 Å². The molecule has 2 N–H and O–H groups in total. The summed E-state index contributed by atoms with van der Waals surface area (Å²) in [6.45, 7) is 1.57. The van der Waals surface area contributed by atoms with Crippen LogP contribution in [-0.2, 0) is 14.6 Å². The van der Waals surface area contributed by atoms with Gasteiger partial charge in [0.05, 0.1) is 12.6 Å². The Morgan fingerprint density at radius 2 is 1.96 bits per heavy atom. The predicted octanol–water partition coefficient (Wildman–Crippen LogP) is 1.21. The lowest BCUT2D eigenvalue weighted by molar-refractivity contribution is -0.125. The molecule has 134 valence electrons. The molecular formula is C16H23ClN2O4S. The molecule has 2 aliphatic heterocycles. The number of piperidine rings is 1. The highest BCUT2D eigenvalue weighted by Crippen LogP contribution is 2.34. The van der Waals surface area contributed by atoms with E-state index in [0.29, 0.717) is 39.0 Å². The Balaban J connectivity index is 0.00000208. The lowest BCUT2D eigenvalue weighted by atomic mass is 9.94. The van der Waals surface area contributed by atoms with Crippen molar-refractivity contribution in [2.75, 3.05) is 26.0 Å². The van der Waals surface area contributed by atoms with Gasteiger partial charge in [0.15, 0.2) is 14.6 Å². The summed E-state index contributed by atoms with van der Waals surface area (Å²) in [4.78, 5) is 12.9. The van der Waals surface area contributed by atoms with Crippen LogP contribution in [0.5, 0.6) is 5.75 Å². The number of rotatable bonds is 3. The lowest BCUT2D eigenvalue weighted by Gasteiger charge is -2.36. The van der Waals surface area contributed by atoms with Crippen molar-refractivity contribution in [2.24, 2.45) is 0 Å². The number of carbonyl (C=O) groups excluding carboxylic acids is 1. The van der Waals surface area contributed by atoms with Crippen LogP contribution >= 0.6 is 12.4 Å². The van der Waals surface area contributed by atoms with Crippen LogP contribution in [0.1, 0.15) is 30.9 Å². The first-order valence-electron chi connectivity index (χ1n) is 7.87. The van der Waals surface area contributed by atoms with Gasteiger partial charge in [-0.15, -0.1) is 12.4 Å². The molecule has 0 aliphatic carbocycles. The van der Waals surface area contributed by atoms with Crippen molar-refractivity contribution in [1.29, 1.82) is 0 Å². The van der Waals surface area contributed by atoms with Gasteiger partial charge in [0.1, 0.15) is 5.75 Å². The molecule has 1 amide bonds. The maximum atomic E-state index is 12.9. The zero-order valence-electron chi connectivity index (χ0n) is 13.6. The second-order valence-electron chi connectivity index (χ2n) is 6.22. The van der Waals surface area contributed by atoms with E-state index in [2.05, 4.69) is 10.6 Å². The molecule has 8 heteroatoms. The standard InChI is InChI=1S/C16H22N2O4S.ClH/c1-23(20,21)16(7-9-17-10-8-16)15(19)18-13-6-11-22-14-5-3-2-4-12(13)14;/h2-5,13,17H,6-11H2,1H3,(H,18,19);1H. The highest BCUT2D eigenvalue weighted by molar-refractivity contribution is 7.92. The number of ether oxygens (including phenoxy) is 1. The van der Waals surface area contributed by atoms with Crippen LogP contribution in [-0.4, -0.2) is 45.0 Å². The summed E-state index contributed by atoms with van der Waals surface area (Å²) in [5, 5.41) is 6.09. The topological polar surface area (TPSA) is 84.5 Å². The van der Waals surface area contributed by atoms with E-state index in [0.717, 1.165) is 17.6 Å². The molecule has 1 aromatic carbocycles. The van der Waals surface area contributed by atoms with Crippen LogP contribution in [0.25, 0.3) is 0 Å². The number of amides is 1. The Labute approximate surface area is 148 Å². The largest absolute Gasteiger partial charge is 0.493 e. The molecule has 2 aliphatic rings. The van der Waals surface area contributed by atoms with Crippen molar-refractivity contribution in [3.63, 3.8) is 0 Å². The zero-order valence-corrected chi connectivity index (χ0v) is 15.2. The monoisotopic (exact) mass is 374 g/mol. The van der Waals surface area contributed by atoms with E-state index in [-0.39, 0.29) is 24.4 Å². The fraction of sp³-hybridized carbons (Fsp3) is 0.562. The molecule has 0 bridgehead atoms. The summed E-state index contributed by atoms with van der Waals surface area (Å²) < 4.78 is 28.9. The molecule has 0 aromatic heterocycles. The third-order valence-corrected chi connectivity index (χ3v) is 6.81. The van der Waals surface area contributed by atoms with Gasteiger partial charge in [0.2, 0.25) is 5.91 Å². The van der Waals surface area contributed by atoms with Gasteiger partial charge in [0.25, 0.3) is 0 Å². The molecule has 24 heavy (non-hydrogen) atoms. The van der Waals surface area contributed by atoms with Gasteiger partial charge < -0.3 is 15.4 Å². The number of para-hydroxylation sites is 1. The molecule has 0 radical (unpaired) electrons. The quantitative estimate of drug-likeness (QED) is 0.830. The number of carbonyl (C=O) groups is 1. The predicted molar refractivity (Wildman–Crippen MR) is 94.4 cm³/mol. The Morgan fingerprint density at radius 3 is 2.62 bits per heavy atom. The van der Waals surface area contributed by atoms with E-state index >= 15 is 0 Å². The molecule has 1 saturated heterocycles. The molecular weight excluding hydrogens is 352 g/mol. The summed E-state index contributed by atoms with van der Waals surface area (Å²) in [6.07, 6.45) is 2.42. The number of hydrogen-bond donors (Lipinski definition) is 2. The van der Waals surface area contributed by atoms with E-state index in [1.807, 2.05) is 24.3 Å². The van der Waals surface area contributed by atoms with Crippen molar-refractivity contribution in [3.05, 3.63) is 29.8 Å². The van der Waals surface area contributed by atoms with E-state index < -0.39 is 14.6 Å². The number of benzene rings is 1. The van der Waals surface area contributed by atoms with Gasteiger partial charge in [-0.1, -0.05) is 18.2 Å². The molecule has 0 saturated carbocycles. The molecule has 6 nitrogen and oxygen atoms in total. The first-order valence-corrected chi connectivity index (χ1v) is 9.76. The summed E-state index contributed by atoms with van der Waals surface area (Å²) in [5.74, 6) is 0.367. The van der Waals surface area contributed by atoms with Crippen LogP contribution < -0.4 is 15.4 Å². The van der Waals surface area contributed by atoms with Gasteiger partial charge >= 0.3 is 0 Å². The lowest BCUT2D eigenvalue weighted by Crippen LogP contribution is -2.57. The zero-order chi connectivity index (χ0) is 16.5. The van der Waals surface area contributed by atoms with Crippen molar-refractivity contribution in [2.45, 2.75) is 30.1 Å². The number of hydrogen-bond acceptors (Lipinski definition) is 5. The SMILES string of the molecule is CS(=O)(=O)C1(C(=O)NC2CCOc3ccccc32)CCNCC1.Cl. The van der Waals surface area contributed by atoms with Crippen LogP contribution in [0, 0.1) is 0 Å². The van der Waals surface area contributed by atoms with E-state index in [9.17, 15) is 13.2 Å². The fourth-order valence-electron chi connectivity index (χ4n) is 3.38. The minimum atomic E-state index is -3.50. The molecule has 1 fully saturated rings. The number of halogens is 1. The van der Waals surface area contributed by atoms with Gasteiger partial charge in [-0.2, -0.15) is 0 Å². The Morgan fingerprint density at radius 1 is 1.29 bits per heavy atom.